The molecule has 3 heterocycles. The molecule has 2 saturated heterocycles. The molecule has 200 valence electrons. The molecule has 2 aromatic rings. The SMILES string of the molecule is CC(C)(C)[Si](OC[C@H]1CCC[C@]2(C=CC[C@]3(CC[C@](C)(CO)O3)O2)O1)(c1ccccc1)c1ccccc1. The maximum atomic E-state index is 9.84. The molecule has 5 nitrogen and oxygen atoms in total. The quantitative estimate of drug-likeness (QED) is 0.424. The van der Waals surface area contributed by atoms with Gasteiger partial charge in [-0.1, -0.05) is 87.5 Å². The molecule has 0 aromatic heterocycles. The topological polar surface area (TPSA) is 57.2 Å². The van der Waals surface area contributed by atoms with Crippen molar-refractivity contribution in [3.63, 3.8) is 0 Å². The first kappa shape index (κ1) is 26.8. The van der Waals surface area contributed by atoms with Crippen LogP contribution in [0.5, 0.6) is 0 Å². The van der Waals surface area contributed by atoms with Crippen LogP contribution in [-0.4, -0.2) is 49.9 Å². The van der Waals surface area contributed by atoms with E-state index in [1.54, 1.807) is 0 Å². The normalized spacial score (nSPS) is 32.3. The summed E-state index contributed by atoms with van der Waals surface area (Å²) in [5.74, 6) is -1.54. The minimum Gasteiger partial charge on any atom is -0.405 e. The molecule has 0 aliphatic carbocycles. The van der Waals surface area contributed by atoms with Gasteiger partial charge in [0.15, 0.2) is 11.6 Å². The minimum absolute atomic E-state index is 0.00929. The number of hydrogen-bond acceptors (Lipinski definition) is 5. The summed E-state index contributed by atoms with van der Waals surface area (Å²) in [6.07, 6.45) is 9.05. The molecule has 4 atom stereocenters. The molecule has 0 bridgehead atoms. The first-order chi connectivity index (χ1) is 17.6. The van der Waals surface area contributed by atoms with Crippen molar-refractivity contribution in [2.75, 3.05) is 13.2 Å². The highest BCUT2D eigenvalue weighted by atomic mass is 28.4. The Labute approximate surface area is 222 Å². The molecule has 5 rings (SSSR count). The van der Waals surface area contributed by atoms with Crippen LogP contribution in [0, 0.1) is 0 Å². The predicted octanol–water partition coefficient (Wildman–Crippen LogP) is 5.06. The van der Waals surface area contributed by atoms with Gasteiger partial charge >= 0.3 is 0 Å². The van der Waals surface area contributed by atoms with E-state index in [2.05, 4.69) is 93.6 Å². The molecule has 0 amide bonds. The summed E-state index contributed by atoms with van der Waals surface area (Å²) in [6, 6.07) is 21.5. The molecule has 3 aliphatic heterocycles. The lowest BCUT2D eigenvalue weighted by molar-refractivity contribution is -0.369. The first-order valence-electron chi connectivity index (χ1n) is 13.8. The first-order valence-corrected chi connectivity index (χ1v) is 15.7. The molecule has 1 N–H and O–H groups in total. The van der Waals surface area contributed by atoms with E-state index in [-0.39, 0.29) is 17.7 Å². The average Bonchev–Trinajstić information content (AvgIpc) is 3.20. The van der Waals surface area contributed by atoms with E-state index in [4.69, 9.17) is 18.6 Å². The zero-order valence-corrected chi connectivity index (χ0v) is 23.7. The Bertz CT molecular complexity index is 1040. The highest BCUT2D eigenvalue weighted by Crippen LogP contribution is 2.48. The Hall–Kier alpha value is -1.80. The van der Waals surface area contributed by atoms with E-state index in [0.717, 1.165) is 32.1 Å². The summed E-state index contributed by atoms with van der Waals surface area (Å²) in [5.41, 5.74) is -0.563. The van der Waals surface area contributed by atoms with Crippen molar-refractivity contribution in [1.29, 1.82) is 0 Å². The van der Waals surface area contributed by atoms with Gasteiger partial charge in [0.1, 0.15) is 0 Å². The van der Waals surface area contributed by atoms with Crippen molar-refractivity contribution in [3.05, 3.63) is 72.8 Å². The van der Waals surface area contributed by atoms with E-state index < -0.39 is 25.5 Å². The van der Waals surface area contributed by atoms with E-state index in [1.807, 2.05) is 6.92 Å². The van der Waals surface area contributed by atoms with Crippen molar-refractivity contribution < 1.29 is 23.7 Å². The lowest BCUT2D eigenvalue weighted by Crippen LogP contribution is -2.67. The molecule has 2 spiro atoms. The van der Waals surface area contributed by atoms with E-state index in [1.165, 1.54) is 10.4 Å². The number of aliphatic hydroxyl groups excluding tert-OH is 1. The molecule has 0 saturated carbocycles. The molecule has 6 heteroatoms. The standard InChI is InChI=1S/C31H42O5Si/c1-28(2,3)37(26-14-7-5-8-15-26,27-16-9-6-10-17-27)33-23-25-13-11-18-30(34-25)19-12-20-31(36-30)22-21-29(4,24-32)35-31/h5-10,12,14-17,19,25,32H,11,13,18,20-24H2,1-4H3/t25-,29-,30+,31-/m1/s1. The van der Waals surface area contributed by atoms with Gasteiger partial charge in [-0.15, -0.1) is 0 Å². The zero-order valence-electron chi connectivity index (χ0n) is 22.7. The van der Waals surface area contributed by atoms with Crippen LogP contribution < -0.4 is 10.4 Å². The lowest BCUT2D eigenvalue weighted by Gasteiger charge is -2.48. The lowest BCUT2D eigenvalue weighted by atomic mass is 9.95. The summed E-state index contributed by atoms with van der Waals surface area (Å²) in [5, 5.41) is 12.3. The Balaban J connectivity index is 1.39. The second kappa shape index (κ2) is 10.1. The van der Waals surface area contributed by atoms with Crippen molar-refractivity contribution >= 4 is 18.7 Å². The van der Waals surface area contributed by atoms with Crippen LogP contribution in [0.3, 0.4) is 0 Å². The van der Waals surface area contributed by atoms with Crippen LogP contribution in [0.2, 0.25) is 5.04 Å². The molecule has 2 aromatic carbocycles. The fourth-order valence-electron chi connectivity index (χ4n) is 6.41. The highest BCUT2D eigenvalue weighted by Gasteiger charge is 2.55. The van der Waals surface area contributed by atoms with Crippen LogP contribution in [0.15, 0.2) is 72.8 Å². The van der Waals surface area contributed by atoms with Gasteiger partial charge in [-0.25, -0.2) is 0 Å². The van der Waals surface area contributed by atoms with Crippen LogP contribution in [0.25, 0.3) is 0 Å². The second-order valence-corrected chi connectivity index (χ2v) is 16.6. The van der Waals surface area contributed by atoms with E-state index >= 15 is 0 Å². The Morgan fingerprint density at radius 3 is 2.16 bits per heavy atom. The van der Waals surface area contributed by atoms with Crippen molar-refractivity contribution in [2.24, 2.45) is 0 Å². The molecular formula is C31H42O5Si. The fourth-order valence-corrected chi connectivity index (χ4v) is 11.0. The van der Waals surface area contributed by atoms with Crippen LogP contribution in [-0.2, 0) is 18.6 Å². The van der Waals surface area contributed by atoms with Crippen molar-refractivity contribution in [2.45, 2.75) is 94.5 Å². The molecular weight excluding hydrogens is 480 g/mol. The molecule has 0 unspecified atom stereocenters. The Kier molecular flexibility index (Phi) is 7.29. The highest BCUT2D eigenvalue weighted by molar-refractivity contribution is 6.99. The monoisotopic (exact) mass is 522 g/mol. The van der Waals surface area contributed by atoms with Gasteiger partial charge in [-0.05, 0) is 47.7 Å². The van der Waals surface area contributed by atoms with Gasteiger partial charge in [0.25, 0.3) is 8.32 Å². The predicted molar refractivity (Wildman–Crippen MR) is 148 cm³/mol. The van der Waals surface area contributed by atoms with Crippen molar-refractivity contribution in [3.8, 4) is 0 Å². The molecule has 3 aliphatic rings. The van der Waals surface area contributed by atoms with Gasteiger partial charge in [0.2, 0.25) is 0 Å². The van der Waals surface area contributed by atoms with Crippen molar-refractivity contribution in [1.82, 2.24) is 0 Å². The van der Waals surface area contributed by atoms with Gasteiger partial charge in [-0.2, -0.15) is 0 Å². The smallest absolute Gasteiger partial charge is 0.261 e. The maximum absolute atomic E-state index is 9.84. The zero-order chi connectivity index (χ0) is 26.2. The van der Waals surface area contributed by atoms with Crippen LogP contribution in [0.4, 0.5) is 0 Å². The third kappa shape index (κ3) is 5.12. The molecule has 37 heavy (non-hydrogen) atoms. The summed E-state index contributed by atoms with van der Waals surface area (Å²) >= 11 is 0. The molecule has 0 radical (unpaired) electrons. The van der Waals surface area contributed by atoms with Crippen LogP contribution in [0.1, 0.15) is 66.2 Å². The summed E-state index contributed by atoms with van der Waals surface area (Å²) in [6.45, 7) is 9.36. The fraction of sp³-hybridized carbons (Fsp3) is 0.548. The second-order valence-electron chi connectivity index (χ2n) is 12.2. The number of aliphatic hydroxyl groups is 1. The number of ether oxygens (including phenoxy) is 3. The Morgan fingerprint density at radius 1 is 0.946 bits per heavy atom. The van der Waals surface area contributed by atoms with E-state index in [0.29, 0.717) is 13.0 Å². The van der Waals surface area contributed by atoms with E-state index in [9.17, 15) is 5.11 Å². The van der Waals surface area contributed by atoms with Gasteiger partial charge in [0.05, 0.1) is 24.9 Å². The van der Waals surface area contributed by atoms with Gasteiger partial charge < -0.3 is 23.7 Å². The summed E-state index contributed by atoms with van der Waals surface area (Å²) < 4.78 is 26.9. The third-order valence-electron chi connectivity index (χ3n) is 8.28. The summed E-state index contributed by atoms with van der Waals surface area (Å²) in [4.78, 5) is 0. The summed E-state index contributed by atoms with van der Waals surface area (Å²) in [7, 11) is -2.64. The minimum atomic E-state index is -2.64. The molecule has 2 fully saturated rings. The average molecular weight is 523 g/mol. The van der Waals surface area contributed by atoms with Crippen LogP contribution >= 0.6 is 0 Å². The largest absolute Gasteiger partial charge is 0.405 e. The Morgan fingerprint density at radius 2 is 1.59 bits per heavy atom. The van der Waals surface area contributed by atoms with Gasteiger partial charge in [0, 0.05) is 19.3 Å². The third-order valence-corrected chi connectivity index (χ3v) is 13.3. The number of hydrogen-bond donors (Lipinski definition) is 1. The van der Waals surface area contributed by atoms with Gasteiger partial charge in [-0.3, -0.25) is 0 Å². The maximum Gasteiger partial charge on any atom is 0.261 e. The number of rotatable bonds is 6. The number of benzene rings is 2.